The summed E-state index contributed by atoms with van der Waals surface area (Å²) in [6, 6.07) is 7.51. The van der Waals surface area contributed by atoms with Gasteiger partial charge >= 0.3 is 0 Å². The van der Waals surface area contributed by atoms with Crippen LogP contribution in [0.2, 0.25) is 0 Å². The molecule has 2 aliphatic rings. The summed E-state index contributed by atoms with van der Waals surface area (Å²) in [7, 11) is 0. The molecule has 148 valence electrons. The summed E-state index contributed by atoms with van der Waals surface area (Å²) < 4.78 is 32.0. The van der Waals surface area contributed by atoms with Gasteiger partial charge in [0.1, 0.15) is 11.6 Å². The van der Waals surface area contributed by atoms with Crippen LogP contribution < -0.4 is 4.72 Å². The summed E-state index contributed by atoms with van der Waals surface area (Å²) in [5, 5.41) is 0. The third-order valence-corrected chi connectivity index (χ3v) is 6.12. The number of halogens is 2. The van der Waals surface area contributed by atoms with Crippen molar-refractivity contribution in [1.82, 2.24) is 14.6 Å². The van der Waals surface area contributed by atoms with Crippen LogP contribution in [0.25, 0.3) is 11.1 Å². The second kappa shape index (κ2) is 8.17. The van der Waals surface area contributed by atoms with Crippen molar-refractivity contribution in [3.8, 4) is 11.1 Å². The maximum Gasteiger partial charge on any atom is 0.226 e. The highest BCUT2D eigenvalue weighted by Crippen LogP contribution is 2.50. The number of aromatic nitrogens is 1. The Morgan fingerprint density at radius 3 is 2.79 bits per heavy atom. The number of rotatable bonds is 5. The molecule has 0 spiro atoms. The lowest BCUT2D eigenvalue weighted by Gasteiger charge is -2.33. The van der Waals surface area contributed by atoms with Crippen molar-refractivity contribution in [3.63, 3.8) is 0 Å². The van der Waals surface area contributed by atoms with Crippen LogP contribution in [0, 0.1) is 17.6 Å². The van der Waals surface area contributed by atoms with E-state index < -0.39 is 11.6 Å². The van der Waals surface area contributed by atoms with Crippen molar-refractivity contribution in [2.45, 2.75) is 31.2 Å². The fourth-order valence-corrected chi connectivity index (χ4v) is 4.65. The first-order chi connectivity index (χ1) is 13.6. The molecule has 3 atom stereocenters. The molecule has 2 aromatic rings. The van der Waals surface area contributed by atoms with E-state index in [-0.39, 0.29) is 23.3 Å². The average molecular weight is 403 g/mol. The predicted molar refractivity (Wildman–Crippen MR) is 107 cm³/mol. The quantitative estimate of drug-likeness (QED) is 0.767. The standard InChI is InChI=1S/C21H23F2N3OS/c1-28-25-13-5-4-10-26(12-13)21(27)16-11-15(16)20-14(6-3-9-24-20)19-17(22)7-2-8-18(19)23/h2-3,6-9,13,15-16,25H,4-5,10-12H2,1H3. The van der Waals surface area contributed by atoms with Crippen molar-refractivity contribution in [2.75, 3.05) is 19.3 Å². The second-order valence-electron chi connectivity index (χ2n) is 7.43. The number of carbonyl (C=O) groups excluding carboxylic acids is 1. The monoisotopic (exact) mass is 403 g/mol. The first kappa shape index (κ1) is 19.3. The van der Waals surface area contributed by atoms with Crippen molar-refractivity contribution in [1.29, 1.82) is 0 Å². The van der Waals surface area contributed by atoms with E-state index in [1.165, 1.54) is 18.2 Å². The molecule has 2 fully saturated rings. The first-order valence-electron chi connectivity index (χ1n) is 9.56. The van der Waals surface area contributed by atoms with E-state index in [9.17, 15) is 13.6 Å². The Balaban J connectivity index is 1.54. The molecule has 0 bridgehead atoms. The lowest BCUT2D eigenvalue weighted by Crippen LogP contribution is -2.47. The maximum atomic E-state index is 14.3. The van der Waals surface area contributed by atoms with E-state index in [1.807, 2.05) is 11.2 Å². The van der Waals surface area contributed by atoms with Crippen LogP contribution in [-0.4, -0.2) is 41.2 Å². The minimum atomic E-state index is -0.611. The normalized spacial score (nSPS) is 24.2. The Bertz CT molecular complexity index is 856. The molecular formula is C21H23F2N3OS. The Hall–Kier alpha value is -1.99. The maximum absolute atomic E-state index is 14.3. The summed E-state index contributed by atoms with van der Waals surface area (Å²) >= 11 is 1.58. The van der Waals surface area contributed by atoms with Gasteiger partial charge < -0.3 is 4.90 Å². The topological polar surface area (TPSA) is 45.2 Å². The molecule has 1 saturated carbocycles. The molecule has 0 radical (unpaired) electrons. The Labute approximate surface area is 167 Å². The fourth-order valence-electron chi connectivity index (χ4n) is 4.12. The van der Waals surface area contributed by atoms with Gasteiger partial charge in [-0.05, 0) is 43.7 Å². The minimum absolute atomic E-state index is 0.0640. The number of piperidine rings is 1. The summed E-state index contributed by atoms with van der Waals surface area (Å²) in [6.07, 6.45) is 6.33. The largest absolute Gasteiger partial charge is 0.341 e. The molecule has 1 amide bonds. The number of hydrogen-bond acceptors (Lipinski definition) is 4. The van der Waals surface area contributed by atoms with Gasteiger partial charge in [-0.1, -0.05) is 24.1 Å². The summed E-state index contributed by atoms with van der Waals surface area (Å²) in [5.41, 5.74) is 0.991. The van der Waals surface area contributed by atoms with Gasteiger partial charge in [0.2, 0.25) is 5.91 Å². The minimum Gasteiger partial charge on any atom is -0.341 e. The third-order valence-electron chi connectivity index (χ3n) is 5.55. The number of nitrogens with one attached hydrogen (secondary N) is 1. The summed E-state index contributed by atoms with van der Waals surface area (Å²) in [4.78, 5) is 19.3. The Kier molecular flexibility index (Phi) is 5.64. The number of nitrogens with zero attached hydrogens (tertiary/aromatic N) is 2. The van der Waals surface area contributed by atoms with E-state index >= 15 is 0 Å². The van der Waals surface area contributed by atoms with Crippen LogP contribution in [0.5, 0.6) is 0 Å². The van der Waals surface area contributed by atoms with E-state index in [0.717, 1.165) is 19.4 Å². The van der Waals surface area contributed by atoms with Gasteiger partial charge in [0.15, 0.2) is 0 Å². The van der Waals surface area contributed by atoms with Gasteiger partial charge in [-0.2, -0.15) is 0 Å². The Morgan fingerprint density at radius 1 is 1.25 bits per heavy atom. The van der Waals surface area contributed by atoms with Gasteiger partial charge in [-0.25, -0.2) is 8.78 Å². The molecule has 28 heavy (non-hydrogen) atoms. The molecule has 1 aromatic heterocycles. The van der Waals surface area contributed by atoms with E-state index in [1.54, 1.807) is 30.3 Å². The van der Waals surface area contributed by atoms with Crippen LogP contribution in [0.15, 0.2) is 36.5 Å². The van der Waals surface area contributed by atoms with Gasteiger partial charge in [0.05, 0.1) is 11.3 Å². The van der Waals surface area contributed by atoms with Crippen molar-refractivity contribution < 1.29 is 13.6 Å². The van der Waals surface area contributed by atoms with E-state index in [2.05, 4.69) is 9.71 Å². The van der Waals surface area contributed by atoms with Crippen LogP contribution in [-0.2, 0) is 4.79 Å². The zero-order chi connectivity index (χ0) is 19.7. The molecule has 7 heteroatoms. The van der Waals surface area contributed by atoms with Crippen LogP contribution in [0.3, 0.4) is 0 Å². The molecule has 4 nitrogen and oxygen atoms in total. The molecule has 1 aliphatic carbocycles. The molecule has 4 rings (SSSR count). The fraction of sp³-hybridized carbons (Fsp3) is 0.429. The van der Waals surface area contributed by atoms with Crippen LogP contribution >= 0.6 is 11.9 Å². The van der Waals surface area contributed by atoms with E-state index in [4.69, 9.17) is 0 Å². The van der Waals surface area contributed by atoms with Crippen molar-refractivity contribution >= 4 is 17.9 Å². The highest BCUT2D eigenvalue weighted by atomic mass is 32.2. The van der Waals surface area contributed by atoms with Gasteiger partial charge in [0, 0.05) is 42.7 Å². The van der Waals surface area contributed by atoms with Crippen molar-refractivity contribution in [2.24, 2.45) is 5.92 Å². The first-order valence-corrected chi connectivity index (χ1v) is 10.8. The van der Waals surface area contributed by atoms with E-state index in [0.29, 0.717) is 30.3 Å². The number of benzene rings is 1. The number of carbonyl (C=O) groups is 1. The highest BCUT2D eigenvalue weighted by molar-refractivity contribution is 7.96. The molecule has 1 aromatic carbocycles. The summed E-state index contributed by atoms with van der Waals surface area (Å²) in [5.74, 6) is -1.34. The second-order valence-corrected chi connectivity index (χ2v) is 8.07. The average Bonchev–Trinajstić information content (AvgIpc) is 3.49. The number of likely N-dealkylation sites (tertiary alicyclic amines) is 1. The predicted octanol–water partition coefficient (Wildman–Crippen LogP) is 3.99. The number of amides is 1. The zero-order valence-corrected chi connectivity index (χ0v) is 16.5. The molecule has 1 N–H and O–H groups in total. The third kappa shape index (κ3) is 3.78. The lowest BCUT2D eigenvalue weighted by atomic mass is 9.99. The smallest absolute Gasteiger partial charge is 0.226 e. The molecule has 1 saturated heterocycles. The summed E-state index contributed by atoms with van der Waals surface area (Å²) in [6.45, 7) is 1.48. The number of pyridine rings is 1. The Morgan fingerprint density at radius 2 is 2.04 bits per heavy atom. The molecule has 3 unspecified atom stereocenters. The number of hydrogen-bond donors (Lipinski definition) is 1. The molecular weight excluding hydrogens is 380 g/mol. The van der Waals surface area contributed by atoms with Crippen LogP contribution in [0.1, 0.15) is 30.9 Å². The van der Waals surface area contributed by atoms with Gasteiger partial charge in [-0.3, -0.25) is 14.5 Å². The molecule has 1 aliphatic heterocycles. The molecule has 2 heterocycles. The van der Waals surface area contributed by atoms with Crippen LogP contribution in [0.4, 0.5) is 8.78 Å². The lowest BCUT2D eigenvalue weighted by molar-refractivity contribution is -0.133. The van der Waals surface area contributed by atoms with Gasteiger partial charge in [0.25, 0.3) is 0 Å². The van der Waals surface area contributed by atoms with Crippen molar-refractivity contribution in [3.05, 3.63) is 53.9 Å². The zero-order valence-electron chi connectivity index (χ0n) is 15.7. The van der Waals surface area contributed by atoms with Gasteiger partial charge in [-0.15, -0.1) is 0 Å². The SMILES string of the molecule is CSNC1CCCN(C(=O)C2CC2c2ncccc2-c2c(F)cccc2F)C1. The highest BCUT2D eigenvalue weighted by Gasteiger charge is 2.48.